The minimum absolute atomic E-state index is 0.0920. The molecule has 1 aromatic carbocycles. The summed E-state index contributed by atoms with van der Waals surface area (Å²) < 4.78 is 26.1. The molecule has 116 valence electrons. The maximum absolute atomic E-state index is 12.4. The van der Waals surface area contributed by atoms with Crippen molar-refractivity contribution in [2.75, 3.05) is 13.1 Å². The average Bonchev–Trinajstić information content (AvgIpc) is 2.38. The van der Waals surface area contributed by atoms with E-state index in [4.69, 9.17) is 16.7 Å². The molecule has 2 rings (SSSR count). The molecule has 0 aromatic heterocycles. The third-order valence-electron chi connectivity index (χ3n) is 3.58. The standard InChI is InChI=1S/C13H16ClNO5S/c14-10-1-3-11(4-2-10)21(19,20)15-7-5-13(18,6-8-15)9-12(16)17/h1-4,18H,5-9H2,(H,16,17). The molecular formula is C13H16ClNO5S. The fourth-order valence-corrected chi connectivity index (χ4v) is 3.92. The maximum Gasteiger partial charge on any atom is 0.306 e. The lowest BCUT2D eigenvalue weighted by Gasteiger charge is -2.36. The highest BCUT2D eigenvalue weighted by atomic mass is 35.5. The molecule has 6 nitrogen and oxygen atoms in total. The van der Waals surface area contributed by atoms with Crippen molar-refractivity contribution >= 4 is 27.6 Å². The van der Waals surface area contributed by atoms with Gasteiger partial charge in [0.2, 0.25) is 10.0 Å². The highest BCUT2D eigenvalue weighted by Gasteiger charge is 2.38. The number of nitrogens with zero attached hydrogens (tertiary/aromatic N) is 1. The summed E-state index contributed by atoms with van der Waals surface area (Å²) in [5.74, 6) is -1.09. The minimum Gasteiger partial charge on any atom is -0.481 e. The van der Waals surface area contributed by atoms with Crippen LogP contribution >= 0.6 is 11.6 Å². The van der Waals surface area contributed by atoms with Crippen LogP contribution < -0.4 is 0 Å². The van der Waals surface area contributed by atoms with Gasteiger partial charge in [0.25, 0.3) is 0 Å². The Kier molecular flexibility index (Phi) is 4.57. The molecule has 0 saturated carbocycles. The van der Waals surface area contributed by atoms with Gasteiger partial charge in [-0.2, -0.15) is 4.31 Å². The van der Waals surface area contributed by atoms with E-state index in [1.54, 1.807) is 0 Å². The first-order valence-electron chi connectivity index (χ1n) is 6.43. The molecule has 1 heterocycles. The molecule has 1 aliphatic heterocycles. The molecule has 0 unspecified atom stereocenters. The lowest BCUT2D eigenvalue weighted by atomic mass is 9.89. The van der Waals surface area contributed by atoms with Crippen LogP contribution in [0, 0.1) is 0 Å². The van der Waals surface area contributed by atoms with Crippen LogP contribution in [0.5, 0.6) is 0 Å². The molecule has 0 atom stereocenters. The van der Waals surface area contributed by atoms with E-state index < -0.39 is 21.6 Å². The van der Waals surface area contributed by atoms with Gasteiger partial charge in [0, 0.05) is 18.1 Å². The first-order chi connectivity index (χ1) is 9.73. The number of rotatable bonds is 4. The summed E-state index contributed by atoms with van der Waals surface area (Å²) in [4.78, 5) is 10.8. The Hall–Kier alpha value is -1.15. The van der Waals surface area contributed by atoms with Crippen molar-refractivity contribution < 1.29 is 23.4 Å². The van der Waals surface area contributed by atoms with Crippen molar-refractivity contribution in [1.82, 2.24) is 4.31 Å². The lowest BCUT2D eigenvalue weighted by Crippen LogP contribution is -2.47. The highest BCUT2D eigenvalue weighted by molar-refractivity contribution is 7.89. The lowest BCUT2D eigenvalue weighted by molar-refractivity contribution is -0.144. The summed E-state index contributed by atoms with van der Waals surface area (Å²) in [7, 11) is -3.64. The van der Waals surface area contributed by atoms with Gasteiger partial charge in [0.05, 0.1) is 16.9 Å². The molecule has 1 fully saturated rings. The molecule has 0 aliphatic carbocycles. The molecule has 0 spiro atoms. The van der Waals surface area contributed by atoms with E-state index in [0.717, 1.165) is 0 Å². The highest BCUT2D eigenvalue weighted by Crippen LogP contribution is 2.29. The molecular weight excluding hydrogens is 318 g/mol. The van der Waals surface area contributed by atoms with Crippen LogP contribution in [0.3, 0.4) is 0 Å². The van der Waals surface area contributed by atoms with Gasteiger partial charge in [-0.05, 0) is 37.1 Å². The molecule has 0 amide bonds. The summed E-state index contributed by atoms with van der Waals surface area (Å²) in [6.07, 6.45) is -0.167. The molecule has 1 aliphatic rings. The smallest absolute Gasteiger partial charge is 0.306 e. The van der Waals surface area contributed by atoms with Gasteiger partial charge in [-0.3, -0.25) is 4.79 Å². The number of aliphatic hydroxyl groups is 1. The van der Waals surface area contributed by atoms with E-state index in [2.05, 4.69) is 0 Å². The summed E-state index contributed by atoms with van der Waals surface area (Å²) >= 11 is 5.74. The van der Waals surface area contributed by atoms with Gasteiger partial charge < -0.3 is 10.2 Å². The Morgan fingerprint density at radius 3 is 2.24 bits per heavy atom. The summed E-state index contributed by atoms with van der Waals surface area (Å²) in [6.45, 7) is 0.184. The first kappa shape index (κ1) is 16.2. The molecule has 2 N–H and O–H groups in total. The molecule has 1 saturated heterocycles. The molecule has 0 radical (unpaired) electrons. The number of hydrogen-bond acceptors (Lipinski definition) is 4. The van der Waals surface area contributed by atoms with Crippen LogP contribution in [-0.2, 0) is 14.8 Å². The zero-order chi connectivity index (χ0) is 15.7. The molecule has 21 heavy (non-hydrogen) atoms. The summed E-state index contributed by atoms with van der Waals surface area (Å²) in [5.41, 5.74) is -1.34. The quantitative estimate of drug-likeness (QED) is 0.866. The number of carboxylic acid groups (broad SMARTS) is 1. The number of benzene rings is 1. The average molecular weight is 334 g/mol. The van der Waals surface area contributed by atoms with Crippen molar-refractivity contribution in [1.29, 1.82) is 0 Å². The Labute approximate surface area is 128 Å². The maximum atomic E-state index is 12.4. The summed E-state index contributed by atoms with van der Waals surface area (Å²) in [6, 6.07) is 5.85. The van der Waals surface area contributed by atoms with Crippen LogP contribution in [0.1, 0.15) is 19.3 Å². The first-order valence-corrected chi connectivity index (χ1v) is 8.25. The third kappa shape index (κ3) is 3.74. The van der Waals surface area contributed by atoms with Gasteiger partial charge in [0.15, 0.2) is 0 Å². The summed E-state index contributed by atoms with van der Waals surface area (Å²) in [5, 5.41) is 19.3. The van der Waals surface area contributed by atoms with Crippen LogP contribution in [0.25, 0.3) is 0 Å². The SMILES string of the molecule is O=C(O)CC1(O)CCN(S(=O)(=O)c2ccc(Cl)cc2)CC1. The second-order valence-corrected chi connectivity index (χ2v) is 7.53. The van der Waals surface area contributed by atoms with E-state index in [9.17, 15) is 18.3 Å². The second kappa shape index (κ2) is 5.92. The molecule has 0 bridgehead atoms. The number of carbonyl (C=O) groups is 1. The van der Waals surface area contributed by atoms with Gasteiger partial charge in [0.1, 0.15) is 0 Å². The topological polar surface area (TPSA) is 94.9 Å². The Morgan fingerprint density at radius 2 is 1.76 bits per heavy atom. The Bertz CT molecular complexity index is 620. The minimum atomic E-state index is -3.64. The van der Waals surface area contributed by atoms with Crippen LogP contribution in [0.15, 0.2) is 29.2 Å². The van der Waals surface area contributed by atoms with Gasteiger partial charge in [-0.15, -0.1) is 0 Å². The number of halogens is 1. The fourth-order valence-electron chi connectivity index (χ4n) is 2.36. The van der Waals surface area contributed by atoms with Crippen molar-refractivity contribution in [2.45, 2.75) is 29.8 Å². The third-order valence-corrected chi connectivity index (χ3v) is 5.75. The van der Waals surface area contributed by atoms with E-state index in [1.807, 2.05) is 0 Å². The van der Waals surface area contributed by atoms with Gasteiger partial charge >= 0.3 is 5.97 Å². The largest absolute Gasteiger partial charge is 0.481 e. The second-order valence-electron chi connectivity index (χ2n) is 5.15. The number of hydrogen-bond donors (Lipinski definition) is 2. The number of aliphatic carboxylic acids is 1. The zero-order valence-corrected chi connectivity index (χ0v) is 12.8. The molecule has 8 heteroatoms. The van der Waals surface area contributed by atoms with E-state index in [-0.39, 0.29) is 37.2 Å². The van der Waals surface area contributed by atoms with Crippen molar-refractivity contribution in [2.24, 2.45) is 0 Å². The van der Waals surface area contributed by atoms with E-state index in [1.165, 1.54) is 28.6 Å². The Balaban J connectivity index is 2.11. The monoisotopic (exact) mass is 333 g/mol. The number of carboxylic acids is 1. The van der Waals surface area contributed by atoms with Gasteiger partial charge in [-0.25, -0.2) is 8.42 Å². The Morgan fingerprint density at radius 1 is 1.24 bits per heavy atom. The number of piperidine rings is 1. The van der Waals surface area contributed by atoms with Gasteiger partial charge in [-0.1, -0.05) is 11.6 Å². The fraction of sp³-hybridized carbons (Fsp3) is 0.462. The van der Waals surface area contributed by atoms with Crippen LogP contribution in [0.4, 0.5) is 0 Å². The zero-order valence-electron chi connectivity index (χ0n) is 11.2. The van der Waals surface area contributed by atoms with E-state index >= 15 is 0 Å². The van der Waals surface area contributed by atoms with Crippen molar-refractivity contribution in [3.63, 3.8) is 0 Å². The predicted molar refractivity (Wildman–Crippen MR) is 76.6 cm³/mol. The van der Waals surface area contributed by atoms with Crippen molar-refractivity contribution in [3.8, 4) is 0 Å². The molecule has 1 aromatic rings. The number of sulfonamides is 1. The van der Waals surface area contributed by atoms with Crippen molar-refractivity contribution in [3.05, 3.63) is 29.3 Å². The predicted octanol–water partition coefficient (Wildman–Crippen LogP) is 1.33. The normalized spacial score (nSPS) is 19.3. The van der Waals surface area contributed by atoms with Crippen LogP contribution in [0.2, 0.25) is 5.02 Å². The van der Waals surface area contributed by atoms with Crippen LogP contribution in [-0.4, -0.2) is 47.6 Å². The van der Waals surface area contributed by atoms with E-state index in [0.29, 0.717) is 5.02 Å².